The number of hydrogen-bond donors (Lipinski definition) is 2. The van der Waals surface area contributed by atoms with Crippen LogP contribution in [-0.4, -0.2) is 18.7 Å². The second-order valence-electron chi connectivity index (χ2n) is 3.75. The van der Waals surface area contributed by atoms with Crippen molar-refractivity contribution < 1.29 is 0 Å². The molecule has 0 fully saturated rings. The van der Waals surface area contributed by atoms with Gasteiger partial charge in [-0.05, 0) is 18.4 Å². The number of aliphatic imine (C=N–C) groups is 1. The summed E-state index contributed by atoms with van der Waals surface area (Å²) in [5.74, 6) is 0.329. The number of nitrogens with zero attached hydrogens (tertiary/aromatic N) is 2. The zero-order chi connectivity index (χ0) is 12.5. The molecule has 4 heteroatoms. The molecular weight excluding hydrogens is 212 g/mol. The highest BCUT2D eigenvalue weighted by Gasteiger charge is 2.02. The summed E-state index contributed by atoms with van der Waals surface area (Å²) in [5, 5.41) is 4.31. The number of nitrogens with one attached hydrogen (secondary N) is 1. The van der Waals surface area contributed by atoms with E-state index in [1.165, 1.54) is 0 Å². The number of unbranched alkanes of at least 4 members (excludes halogenated alkanes) is 1. The molecule has 0 unspecified atom stereocenters. The van der Waals surface area contributed by atoms with Crippen LogP contribution in [0, 0.1) is 0 Å². The van der Waals surface area contributed by atoms with E-state index in [2.05, 4.69) is 34.6 Å². The minimum absolute atomic E-state index is 0.329. The van der Waals surface area contributed by atoms with Crippen LogP contribution < -0.4 is 11.2 Å². The monoisotopic (exact) mass is 232 g/mol. The Morgan fingerprint density at radius 2 is 2.00 bits per heavy atom. The van der Waals surface area contributed by atoms with Crippen LogP contribution >= 0.6 is 0 Å². The molecule has 0 aliphatic rings. The predicted molar refractivity (Wildman–Crippen MR) is 73.2 cm³/mol. The zero-order valence-corrected chi connectivity index (χ0v) is 10.5. The first-order chi connectivity index (χ1) is 8.27. The van der Waals surface area contributed by atoms with Gasteiger partial charge in [0.2, 0.25) is 5.96 Å². The fraction of sp³-hybridized carbons (Fsp3) is 0.385. The third-order valence-electron chi connectivity index (χ3n) is 2.42. The van der Waals surface area contributed by atoms with Crippen LogP contribution in [0.4, 0.5) is 0 Å². The Hall–Kier alpha value is -1.84. The van der Waals surface area contributed by atoms with Crippen molar-refractivity contribution in [2.45, 2.75) is 26.2 Å². The van der Waals surface area contributed by atoms with E-state index in [0.29, 0.717) is 5.96 Å². The summed E-state index contributed by atoms with van der Waals surface area (Å²) in [7, 11) is 1.63. The molecule has 1 rings (SSSR count). The Labute approximate surface area is 103 Å². The number of hydrazone groups is 1. The highest BCUT2D eigenvalue weighted by Crippen LogP contribution is 2.07. The maximum atomic E-state index is 5.56. The van der Waals surface area contributed by atoms with Crippen molar-refractivity contribution >= 4 is 11.7 Å². The summed E-state index contributed by atoms with van der Waals surface area (Å²) >= 11 is 0. The van der Waals surface area contributed by atoms with Gasteiger partial charge in [-0.3, -0.25) is 4.99 Å². The Morgan fingerprint density at radius 3 is 2.59 bits per heavy atom. The van der Waals surface area contributed by atoms with Gasteiger partial charge in [0.25, 0.3) is 0 Å². The van der Waals surface area contributed by atoms with Crippen LogP contribution in [0.15, 0.2) is 40.4 Å². The molecule has 0 bridgehead atoms. The lowest BCUT2D eigenvalue weighted by molar-refractivity contribution is 0.827. The molecule has 0 saturated heterocycles. The summed E-state index contributed by atoms with van der Waals surface area (Å²) in [6.45, 7) is 2.16. The Balaban J connectivity index is 2.80. The van der Waals surface area contributed by atoms with E-state index in [1.807, 2.05) is 18.2 Å². The smallest absolute Gasteiger partial charge is 0.209 e. The molecule has 0 aliphatic carbocycles. The fourth-order valence-corrected chi connectivity index (χ4v) is 1.41. The number of nitrogens with two attached hydrogens (primary N) is 1. The fourth-order valence-electron chi connectivity index (χ4n) is 1.41. The Kier molecular flexibility index (Phi) is 5.79. The molecule has 0 aromatic heterocycles. The lowest BCUT2D eigenvalue weighted by Gasteiger charge is -2.06. The highest BCUT2D eigenvalue weighted by atomic mass is 15.4. The van der Waals surface area contributed by atoms with Crippen molar-refractivity contribution in [2.75, 3.05) is 7.05 Å². The maximum Gasteiger partial charge on any atom is 0.209 e. The van der Waals surface area contributed by atoms with Crippen molar-refractivity contribution in [3.05, 3.63) is 35.9 Å². The first-order valence-corrected chi connectivity index (χ1v) is 5.88. The summed E-state index contributed by atoms with van der Waals surface area (Å²) in [6, 6.07) is 10.1. The van der Waals surface area contributed by atoms with Crippen molar-refractivity contribution in [3.63, 3.8) is 0 Å². The van der Waals surface area contributed by atoms with Crippen LogP contribution in [0.3, 0.4) is 0 Å². The minimum atomic E-state index is 0.329. The van der Waals surface area contributed by atoms with E-state index >= 15 is 0 Å². The van der Waals surface area contributed by atoms with E-state index in [0.717, 1.165) is 30.5 Å². The number of rotatable bonds is 5. The average molecular weight is 232 g/mol. The first kappa shape index (κ1) is 13.2. The standard InChI is InChI=1S/C13H20N4/c1-3-4-10-12(16-17-13(14)15-2)11-8-6-5-7-9-11/h5-9H,3-4,10H2,1-2H3,(H3,14,15,17). The van der Waals surface area contributed by atoms with Gasteiger partial charge in [-0.25, -0.2) is 5.43 Å². The first-order valence-electron chi connectivity index (χ1n) is 5.88. The molecule has 0 spiro atoms. The van der Waals surface area contributed by atoms with Gasteiger partial charge in [-0.15, -0.1) is 0 Å². The second kappa shape index (κ2) is 7.44. The van der Waals surface area contributed by atoms with Crippen molar-refractivity contribution in [3.8, 4) is 0 Å². The van der Waals surface area contributed by atoms with Gasteiger partial charge in [-0.1, -0.05) is 43.7 Å². The number of benzene rings is 1. The van der Waals surface area contributed by atoms with Gasteiger partial charge in [-0.2, -0.15) is 5.10 Å². The summed E-state index contributed by atoms with van der Waals surface area (Å²) in [5.41, 5.74) is 10.5. The van der Waals surface area contributed by atoms with Gasteiger partial charge in [0.15, 0.2) is 0 Å². The number of guanidine groups is 1. The molecule has 1 aromatic carbocycles. The Bertz CT molecular complexity index is 382. The van der Waals surface area contributed by atoms with Crippen LogP contribution in [0.5, 0.6) is 0 Å². The van der Waals surface area contributed by atoms with Crippen LogP contribution in [0.25, 0.3) is 0 Å². The molecule has 0 radical (unpaired) electrons. The SMILES string of the molecule is CCCCC(=NNC(N)=NC)c1ccccc1. The highest BCUT2D eigenvalue weighted by molar-refractivity contribution is 6.01. The minimum Gasteiger partial charge on any atom is -0.369 e. The third-order valence-corrected chi connectivity index (χ3v) is 2.42. The average Bonchev–Trinajstić information content (AvgIpc) is 2.39. The van der Waals surface area contributed by atoms with E-state index < -0.39 is 0 Å². The third kappa shape index (κ3) is 4.68. The van der Waals surface area contributed by atoms with E-state index in [-0.39, 0.29) is 0 Å². The van der Waals surface area contributed by atoms with E-state index in [9.17, 15) is 0 Å². The van der Waals surface area contributed by atoms with Crippen LogP contribution in [0.2, 0.25) is 0 Å². The predicted octanol–water partition coefficient (Wildman–Crippen LogP) is 2.11. The van der Waals surface area contributed by atoms with Crippen molar-refractivity contribution in [1.29, 1.82) is 0 Å². The number of hydrogen-bond acceptors (Lipinski definition) is 2. The summed E-state index contributed by atoms with van der Waals surface area (Å²) in [4.78, 5) is 3.81. The molecule has 1 aromatic rings. The molecular formula is C13H20N4. The van der Waals surface area contributed by atoms with Gasteiger partial charge in [0, 0.05) is 7.05 Å². The zero-order valence-electron chi connectivity index (χ0n) is 10.5. The van der Waals surface area contributed by atoms with Gasteiger partial charge in [0.1, 0.15) is 0 Å². The van der Waals surface area contributed by atoms with Crippen molar-refractivity contribution in [2.24, 2.45) is 15.8 Å². The lowest BCUT2D eigenvalue weighted by Crippen LogP contribution is -2.28. The topological polar surface area (TPSA) is 62.8 Å². The van der Waals surface area contributed by atoms with Crippen molar-refractivity contribution in [1.82, 2.24) is 5.43 Å². The molecule has 0 atom stereocenters. The molecule has 3 N–H and O–H groups in total. The largest absolute Gasteiger partial charge is 0.369 e. The van der Waals surface area contributed by atoms with E-state index in [1.54, 1.807) is 7.05 Å². The second-order valence-corrected chi connectivity index (χ2v) is 3.75. The van der Waals surface area contributed by atoms with Gasteiger partial charge in [0.05, 0.1) is 5.71 Å². The molecule has 0 aliphatic heterocycles. The lowest BCUT2D eigenvalue weighted by atomic mass is 10.1. The summed E-state index contributed by atoms with van der Waals surface area (Å²) < 4.78 is 0. The van der Waals surface area contributed by atoms with Gasteiger partial charge < -0.3 is 5.73 Å². The molecule has 92 valence electrons. The molecule has 0 saturated carbocycles. The normalized spacial score (nSPS) is 12.6. The molecule has 17 heavy (non-hydrogen) atoms. The Morgan fingerprint density at radius 1 is 1.29 bits per heavy atom. The molecule has 0 heterocycles. The quantitative estimate of drug-likeness (QED) is 0.464. The molecule has 4 nitrogen and oxygen atoms in total. The van der Waals surface area contributed by atoms with Gasteiger partial charge >= 0.3 is 0 Å². The van der Waals surface area contributed by atoms with Crippen LogP contribution in [0.1, 0.15) is 31.7 Å². The maximum absolute atomic E-state index is 5.56. The van der Waals surface area contributed by atoms with E-state index in [4.69, 9.17) is 5.73 Å². The molecule has 0 amide bonds. The van der Waals surface area contributed by atoms with Crippen LogP contribution in [-0.2, 0) is 0 Å². The summed E-state index contributed by atoms with van der Waals surface area (Å²) in [6.07, 6.45) is 3.19.